The van der Waals surface area contributed by atoms with Gasteiger partial charge in [-0.1, -0.05) is 32.4 Å². The van der Waals surface area contributed by atoms with E-state index in [1.807, 2.05) is 6.20 Å². The van der Waals surface area contributed by atoms with Gasteiger partial charge in [-0.25, -0.2) is 19.9 Å². The molecule has 0 aliphatic heterocycles. The number of fused-ring (bicyclic) bond motifs is 5. The average molecular weight is 464 g/mol. The number of rotatable bonds is 5. The van der Waals surface area contributed by atoms with E-state index in [-0.39, 0.29) is 0 Å². The van der Waals surface area contributed by atoms with Crippen LogP contribution in [0.3, 0.4) is 0 Å². The van der Waals surface area contributed by atoms with Crippen LogP contribution in [0, 0.1) is 23.7 Å². The first-order valence-electron chi connectivity index (χ1n) is 12.1. The van der Waals surface area contributed by atoms with Crippen molar-refractivity contribution >= 4 is 39.6 Å². The molecular formula is C25H30ClN7. The SMILES string of the molecule is CC(C)Cn1ccc2c(N[C@H]3C4CCC(CC4)[C@@H]3C)nc(-c3c[nH]c4ncc(Cl)nc34)nc21. The molecule has 7 nitrogen and oxygen atoms in total. The number of nitrogens with one attached hydrogen (secondary N) is 2. The number of nitrogens with zero attached hydrogens (tertiary/aromatic N) is 5. The van der Waals surface area contributed by atoms with Gasteiger partial charge in [0.2, 0.25) is 0 Å². The molecule has 2 bridgehead atoms. The van der Waals surface area contributed by atoms with Crippen molar-refractivity contribution in [1.82, 2.24) is 29.5 Å². The summed E-state index contributed by atoms with van der Waals surface area (Å²) in [7, 11) is 0. The van der Waals surface area contributed by atoms with Crippen LogP contribution < -0.4 is 5.32 Å². The van der Waals surface area contributed by atoms with Crippen molar-refractivity contribution < 1.29 is 0 Å². The van der Waals surface area contributed by atoms with Crippen molar-refractivity contribution in [3.8, 4) is 11.4 Å². The van der Waals surface area contributed by atoms with Crippen LogP contribution in [0.25, 0.3) is 33.6 Å². The van der Waals surface area contributed by atoms with Gasteiger partial charge in [0.15, 0.2) is 11.5 Å². The number of hydrogen-bond donors (Lipinski definition) is 2. The lowest BCUT2D eigenvalue weighted by Crippen LogP contribution is -2.47. The summed E-state index contributed by atoms with van der Waals surface area (Å²) in [6, 6.07) is 2.61. The minimum atomic E-state index is 0.359. The van der Waals surface area contributed by atoms with E-state index in [0.717, 1.165) is 34.9 Å². The highest BCUT2D eigenvalue weighted by Crippen LogP contribution is 2.46. The Kier molecular flexibility index (Phi) is 5.05. The van der Waals surface area contributed by atoms with Crippen molar-refractivity contribution in [3.63, 3.8) is 0 Å². The highest BCUT2D eigenvalue weighted by Gasteiger charge is 2.41. The Labute approximate surface area is 198 Å². The molecule has 33 heavy (non-hydrogen) atoms. The van der Waals surface area contributed by atoms with Gasteiger partial charge in [0.05, 0.1) is 17.1 Å². The van der Waals surface area contributed by atoms with Crippen molar-refractivity contribution in [3.05, 3.63) is 29.8 Å². The molecule has 3 aliphatic rings. The van der Waals surface area contributed by atoms with Crippen LogP contribution in [0.4, 0.5) is 5.82 Å². The molecule has 2 N–H and O–H groups in total. The van der Waals surface area contributed by atoms with Gasteiger partial charge in [-0.3, -0.25) is 0 Å². The van der Waals surface area contributed by atoms with Crippen LogP contribution in [0.2, 0.25) is 5.15 Å². The second kappa shape index (κ2) is 7.97. The molecule has 3 saturated carbocycles. The molecule has 0 unspecified atom stereocenters. The van der Waals surface area contributed by atoms with Crippen molar-refractivity contribution in [2.75, 3.05) is 5.32 Å². The number of halogens is 1. The molecule has 3 fully saturated rings. The zero-order valence-corrected chi connectivity index (χ0v) is 20.1. The summed E-state index contributed by atoms with van der Waals surface area (Å²) in [5.41, 5.74) is 3.15. The molecule has 2 atom stereocenters. The summed E-state index contributed by atoms with van der Waals surface area (Å²) in [6.45, 7) is 7.77. The van der Waals surface area contributed by atoms with Crippen molar-refractivity contribution in [1.29, 1.82) is 0 Å². The van der Waals surface area contributed by atoms with E-state index in [1.54, 1.807) is 6.20 Å². The third kappa shape index (κ3) is 3.57. The summed E-state index contributed by atoms with van der Waals surface area (Å²) in [5, 5.41) is 5.34. The van der Waals surface area contributed by atoms with Crippen LogP contribution in [0.5, 0.6) is 0 Å². The first-order chi connectivity index (χ1) is 16.0. The van der Waals surface area contributed by atoms with Gasteiger partial charge in [0.1, 0.15) is 22.1 Å². The molecule has 0 aromatic carbocycles. The maximum atomic E-state index is 6.16. The van der Waals surface area contributed by atoms with Crippen LogP contribution in [0.15, 0.2) is 24.7 Å². The van der Waals surface area contributed by atoms with Crippen molar-refractivity contribution in [2.45, 2.75) is 59.0 Å². The lowest BCUT2D eigenvalue weighted by molar-refractivity contribution is 0.0929. The van der Waals surface area contributed by atoms with Gasteiger partial charge in [-0.15, -0.1) is 0 Å². The monoisotopic (exact) mass is 463 g/mol. The molecular weight excluding hydrogens is 434 g/mol. The molecule has 0 spiro atoms. The van der Waals surface area contributed by atoms with E-state index in [0.29, 0.717) is 45.9 Å². The lowest BCUT2D eigenvalue weighted by Gasteiger charge is -2.47. The molecule has 8 heteroatoms. The van der Waals surface area contributed by atoms with Gasteiger partial charge < -0.3 is 14.9 Å². The normalized spacial score (nSPS) is 24.9. The Morgan fingerprint density at radius 2 is 1.94 bits per heavy atom. The standard InChI is InChI=1S/C25H30ClN7/c1-13(2)12-33-9-8-17-22(30-20-14(3)15-4-6-16(20)7-5-15)31-23(32-25(17)33)18-10-27-24-21(18)29-19(26)11-28-24/h8-11,13-16,20H,4-7,12H2,1-3H3,(H,27,28)(H,30,31,32)/t14-,15?,16?,20+/m0/s1. The molecule has 3 aliphatic carbocycles. The summed E-state index contributed by atoms with van der Waals surface area (Å²) < 4.78 is 2.24. The van der Waals surface area contributed by atoms with E-state index < -0.39 is 0 Å². The highest BCUT2D eigenvalue weighted by molar-refractivity contribution is 6.29. The fourth-order valence-electron chi connectivity index (χ4n) is 6.04. The topological polar surface area (TPSA) is 84.3 Å². The zero-order valence-electron chi connectivity index (χ0n) is 19.3. The average Bonchev–Trinajstić information content (AvgIpc) is 3.40. The van der Waals surface area contributed by atoms with E-state index in [1.165, 1.54) is 25.7 Å². The lowest BCUT2D eigenvalue weighted by atomic mass is 9.62. The second-order valence-corrected chi connectivity index (χ2v) is 10.7. The van der Waals surface area contributed by atoms with E-state index in [2.05, 4.69) is 57.9 Å². The number of aromatic nitrogens is 6. The molecule has 4 aromatic rings. The third-order valence-electron chi connectivity index (χ3n) is 7.71. The van der Waals surface area contributed by atoms with Gasteiger partial charge in [-0.2, -0.15) is 0 Å². The Hall–Kier alpha value is -2.67. The predicted molar refractivity (Wildman–Crippen MR) is 132 cm³/mol. The Bertz CT molecular complexity index is 1310. The predicted octanol–water partition coefficient (Wildman–Crippen LogP) is 5.92. The largest absolute Gasteiger partial charge is 0.366 e. The molecule has 4 heterocycles. The number of H-pyrrole nitrogens is 1. The summed E-state index contributed by atoms with van der Waals surface area (Å²) in [5.74, 6) is 4.27. The van der Waals surface area contributed by atoms with E-state index >= 15 is 0 Å². The molecule has 7 rings (SSSR count). The van der Waals surface area contributed by atoms with Crippen LogP contribution in [-0.4, -0.2) is 35.5 Å². The van der Waals surface area contributed by atoms with Crippen LogP contribution >= 0.6 is 11.6 Å². The Morgan fingerprint density at radius 1 is 1.15 bits per heavy atom. The Morgan fingerprint density at radius 3 is 2.70 bits per heavy atom. The van der Waals surface area contributed by atoms with Crippen molar-refractivity contribution in [2.24, 2.45) is 23.7 Å². The van der Waals surface area contributed by atoms with Crippen LogP contribution in [-0.2, 0) is 6.54 Å². The fourth-order valence-corrected chi connectivity index (χ4v) is 6.17. The fraction of sp³-hybridized carbons (Fsp3) is 0.520. The molecule has 4 aromatic heterocycles. The Balaban J connectivity index is 1.49. The highest BCUT2D eigenvalue weighted by atomic mass is 35.5. The first-order valence-corrected chi connectivity index (χ1v) is 12.5. The third-order valence-corrected chi connectivity index (χ3v) is 7.89. The summed E-state index contributed by atoms with van der Waals surface area (Å²) in [6.07, 6.45) is 10.9. The second-order valence-electron chi connectivity index (χ2n) is 10.3. The zero-order chi connectivity index (χ0) is 22.7. The molecule has 0 amide bonds. The number of anilines is 1. The van der Waals surface area contributed by atoms with Gasteiger partial charge in [-0.05, 0) is 55.4 Å². The number of hydrogen-bond acceptors (Lipinski definition) is 5. The smallest absolute Gasteiger partial charge is 0.167 e. The maximum absolute atomic E-state index is 6.16. The van der Waals surface area contributed by atoms with Gasteiger partial charge >= 0.3 is 0 Å². The molecule has 0 saturated heterocycles. The first kappa shape index (κ1) is 20.9. The molecule has 0 radical (unpaired) electrons. The summed E-state index contributed by atoms with van der Waals surface area (Å²) in [4.78, 5) is 22.1. The summed E-state index contributed by atoms with van der Waals surface area (Å²) >= 11 is 6.16. The van der Waals surface area contributed by atoms with Gasteiger partial charge in [0, 0.05) is 25.0 Å². The number of aromatic amines is 1. The quantitative estimate of drug-likeness (QED) is 0.384. The minimum Gasteiger partial charge on any atom is -0.366 e. The van der Waals surface area contributed by atoms with Crippen LogP contribution in [0.1, 0.15) is 46.5 Å². The van der Waals surface area contributed by atoms with E-state index in [9.17, 15) is 0 Å². The van der Waals surface area contributed by atoms with Gasteiger partial charge in [0.25, 0.3) is 0 Å². The molecule has 172 valence electrons. The maximum Gasteiger partial charge on any atom is 0.167 e. The minimum absolute atomic E-state index is 0.359. The van der Waals surface area contributed by atoms with E-state index in [4.69, 9.17) is 21.6 Å².